The molecule has 0 bridgehead atoms. The molecule has 0 radical (unpaired) electrons. The largest absolute Gasteiger partial charge is 0.322 e. The first kappa shape index (κ1) is 22.3. The number of nitro groups is 2. The molecule has 0 spiro atoms. The first-order valence-electron chi connectivity index (χ1n) is 9.44. The highest BCUT2D eigenvalue weighted by atomic mass is 32.2. The number of hydrogen-bond acceptors (Lipinski definition) is 7. The molecule has 164 valence electrons. The Kier molecular flexibility index (Phi) is 6.32. The van der Waals surface area contributed by atoms with Crippen LogP contribution in [0.5, 0.6) is 0 Å². The molecule has 2 aromatic rings. The van der Waals surface area contributed by atoms with Gasteiger partial charge < -0.3 is 5.32 Å². The van der Waals surface area contributed by atoms with Crippen molar-refractivity contribution in [2.75, 3.05) is 18.4 Å². The fourth-order valence-corrected chi connectivity index (χ4v) is 4.73. The SMILES string of the molecule is CC1CCN(S(=O)(=O)c2ccc(NC(=O)c3ccc([N+](=O)[O-])cc3[N+](=O)[O-])cc2)CC1. The van der Waals surface area contributed by atoms with Gasteiger partial charge in [0, 0.05) is 24.8 Å². The third-order valence-corrected chi connectivity index (χ3v) is 7.04. The molecule has 11 nitrogen and oxygen atoms in total. The van der Waals surface area contributed by atoms with E-state index in [0.717, 1.165) is 25.0 Å². The maximum absolute atomic E-state index is 12.8. The Balaban J connectivity index is 1.78. The first-order chi connectivity index (χ1) is 14.6. The highest BCUT2D eigenvalue weighted by Crippen LogP contribution is 2.27. The third-order valence-electron chi connectivity index (χ3n) is 5.13. The van der Waals surface area contributed by atoms with E-state index in [0.29, 0.717) is 25.1 Å². The summed E-state index contributed by atoms with van der Waals surface area (Å²) >= 11 is 0. The van der Waals surface area contributed by atoms with Crippen LogP contribution in [-0.2, 0) is 10.0 Å². The molecule has 0 aliphatic carbocycles. The van der Waals surface area contributed by atoms with Gasteiger partial charge in [-0.25, -0.2) is 8.42 Å². The summed E-state index contributed by atoms with van der Waals surface area (Å²) in [5, 5.41) is 24.5. The molecule has 0 atom stereocenters. The molecule has 0 saturated carbocycles. The zero-order valence-electron chi connectivity index (χ0n) is 16.6. The van der Waals surface area contributed by atoms with Gasteiger partial charge in [0.1, 0.15) is 5.56 Å². The Morgan fingerprint density at radius 3 is 2.19 bits per heavy atom. The molecule has 1 fully saturated rings. The van der Waals surface area contributed by atoms with Crippen molar-refractivity contribution in [2.45, 2.75) is 24.7 Å². The lowest BCUT2D eigenvalue weighted by Gasteiger charge is -2.29. The summed E-state index contributed by atoms with van der Waals surface area (Å²) in [6.07, 6.45) is 1.59. The van der Waals surface area contributed by atoms with Crippen LogP contribution in [0.25, 0.3) is 0 Å². The Labute approximate surface area is 178 Å². The molecular formula is C19H20N4O7S. The average Bonchev–Trinajstić information content (AvgIpc) is 2.73. The molecular weight excluding hydrogens is 428 g/mol. The Morgan fingerprint density at radius 1 is 1.03 bits per heavy atom. The van der Waals surface area contributed by atoms with Gasteiger partial charge in [-0.2, -0.15) is 4.31 Å². The Hall–Kier alpha value is -3.38. The first-order valence-corrected chi connectivity index (χ1v) is 10.9. The molecule has 12 heteroatoms. The lowest BCUT2D eigenvalue weighted by molar-refractivity contribution is -0.394. The molecule has 3 rings (SSSR count). The van der Waals surface area contributed by atoms with Gasteiger partial charge in [0.15, 0.2) is 0 Å². The number of non-ortho nitro benzene ring substituents is 1. The van der Waals surface area contributed by atoms with Crippen molar-refractivity contribution in [1.82, 2.24) is 4.31 Å². The molecule has 1 aliphatic heterocycles. The van der Waals surface area contributed by atoms with E-state index in [1.807, 2.05) is 0 Å². The number of carbonyl (C=O) groups is 1. The number of benzene rings is 2. The van der Waals surface area contributed by atoms with Crippen LogP contribution in [-0.4, -0.2) is 41.6 Å². The van der Waals surface area contributed by atoms with Crippen molar-refractivity contribution in [3.8, 4) is 0 Å². The summed E-state index contributed by atoms with van der Waals surface area (Å²) < 4.78 is 27.0. The van der Waals surface area contributed by atoms with Crippen molar-refractivity contribution in [3.05, 3.63) is 68.3 Å². The number of nitrogens with zero attached hydrogens (tertiary/aromatic N) is 3. The third kappa shape index (κ3) is 4.86. The molecule has 0 unspecified atom stereocenters. The molecule has 1 heterocycles. The summed E-state index contributed by atoms with van der Waals surface area (Å²) in [6, 6.07) is 8.19. The Bertz CT molecular complexity index is 1120. The lowest BCUT2D eigenvalue weighted by atomic mass is 10.0. The minimum Gasteiger partial charge on any atom is -0.322 e. The fourth-order valence-electron chi connectivity index (χ4n) is 3.26. The van der Waals surface area contributed by atoms with Gasteiger partial charge in [-0.15, -0.1) is 0 Å². The number of rotatable bonds is 6. The van der Waals surface area contributed by atoms with E-state index in [-0.39, 0.29) is 16.1 Å². The van der Waals surface area contributed by atoms with Gasteiger partial charge in [-0.1, -0.05) is 6.92 Å². The number of sulfonamides is 1. The number of piperidine rings is 1. The molecule has 1 aliphatic rings. The standard InChI is InChI=1S/C19H20N4O7S/c1-13-8-10-21(11-9-13)31(29,30)16-5-2-14(3-6-16)20-19(24)17-7-4-15(22(25)26)12-18(17)23(27)28/h2-7,12-13H,8-11H2,1H3,(H,20,24). The number of amides is 1. The quantitative estimate of drug-likeness (QED) is 0.526. The van der Waals surface area contributed by atoms with Crippen molar-refractivity contribution >= 4 is 33.0 Å². The van der Waals surface area contributed by atoms with Crippen LogP contribution in [0.15, 0.2) is 47.4 Å². The van der Waals surface area contributed by atoms with Gasteiger partial charge >= 0.3 is 0 Å². The molecule has 31 heavy (non-hydrogen) atoms. The van der Waals surface area contributed by atoms with E-state index in [2.05, 4.69) is 12.2 Å². The molecule has 1 amide bonds. The van der Waals surface area contributed by atoms with E-state index in [9.17, 15) is 33.4 Å². The van der Waals surface area contributed by atoms with Crippen LogP contribution in [0.2, 0.25) is 0 Å². The molecule has 1 saturated heterocycles. The number of hydrogen-bond donors (Lipinski definition) is 1. The van der Waals surface area contributed by atoms with Crippen LogP contribution in [0.3, 0.4) is 0 Å². The highest BCUT2D eigenvalue weighted by molar-refractivity contribution is 7.89. The van der Waals surface area contributed by atoms with Crippen LogP contribution in [0.1, 0.15) is 30.1 Å². The van der Waals surface area contributed by atoms with E-state index < -0.39 is 37.2 Å². The summed E-state index contributed by atoms with van der Waals surface area (Å²) in [7, 11) is -3.65. The second-order valence-corrected chi connectivity index (χ2v) is 9.22. The average molecular weight is 448 g/mol. The van der Waals surface area contributed by atoms with Crippen LogP contribution in [0.4, 0.5) is 17.1 Å². The number of anilines is 1. The maximum atomic E-state index is 12.8. The summed E-state index contributed by atoms with van der Waals surface area (Å²) in [5.41, 5.74) is -1.34. The molecule has 0 aromatic heterocycles. The van der Waals surface area contributed by atoms with Crippen LogP contribution in [0, 0.1) is 26.1 Å². The van der Waals surface area contributed by atoms with E-state index in [1.54, 1.807) is 0 Å². The van der Waals surface area contributed by atoms with Gasteiger partial charge in [0.25, 0.3) is 17.3 Å². The van der Waals surface area contributed by atoms with Crippen molar-refractivity contribution in [3.63, 3.8) is 0 Å². The number of nitro benzene ring substituents is 2. The smallest absolute Gasteiger partial charge is 0.289 e. The minimum atomic E-state index is -3.65. The maximum Gasteiger partial charge on any atom is 0.289 e. The number of carbonyl (C=O) groups excluding carboxylic acids is 1. The highest BCUT2D eigenvalue weighted by Gasteiger charge is 2.28. The van der Waals surface area contributed by atoms with Crippen LogP contribution < -0.4 is 5.32 Å². The topological polar surface area (TPSA) is 153 Å². The van der Waals surface area contributed by atoms with Crippen molar-refractivity contribution < 1.29 is 23.1 Å². The summed E-state index contributed by atoms with van der Waals surface area (Å²) in [4.78, 5) is 32.9. The predicted molar refractivity (Wildman–Crippen MR) is 111 cm³/mol. The van der Waals surface area contributed by atoms with Gasteiger partial charge in [0.05, 0.1) is 20.8 Å². The Morgan fingerprint density at radius 2 is 1.65 bits per heavy atom. The van der Waals surface area contributed by atoms with Crippen molar-refractivity contribution in [2.24, 2.45) is 5.92 Å². The molecule has 1 N–H and O–H groups in total. The second kappa shape index (κ2) is 8.78. The zero-order chi connectivity index (χ0) is 22.8. The summed E-state index contributed by atoms with van der Waals surface area (Å²) in [5.74, 6) is -0.366. The second-order valence-electron chi connectivity index (χ2n) is 7.28. The van der Waals surface area contributed by atoms with Crippen LogP contribution >= 0.6 is 0 Å². The van der Waals surface area contributed by atoms with E-state index in [4.69, 9.17) is 0 Å². The monoisotopic (exact) mass is 448 g/mol. The molecule has 2 aromatic carbocycles. The fraction of sp³-hybridized carbons (Fsp3) is 0.316. The van der Waals surface area contributed by atoms with Gasteiger partial charge in [0.2, 0.25) is 10.0 Å². The number of nitrogens with one attached hydrogen (secondary N) is 1. The minimum absolute atomic E-state index is 0.0846. The van der Waals surface area contributed by atoms with E-state index >= 15 is 0 Å². The zero-order valence-corrected chi connectivity index (χ0v) is 17.4. The van der Waals surface area contributed by atoms with Gasteiger partial charge in [-0.05, 0) is 49.1 Å². The summed E-state index contributed by atoms with van der Waals surface area (Å²) in [6.45, 7) is 2.98. The predicted octanol–water partition coefficient (Wildman–Crippen LogP) is 3.18. The van der Waals surface area contributed by atoms with Crippen molar-refractivity contribution in [1.29, 1.82) is 0 Å². The lowest BCUT2D eigenvalue weighted by Crippen LogP contribution is -2.37. The normalized spacial score (nSPS) is 15.4. The van der Waals surface area contributed by atoms with E-state index in [1.165, 1.54) is 28.6 Å². The van der Waals surface area contributed by atoms with Gasteiger partial charge in [-0.3, -0.25) is 25.0 Å².